The summed E-state index contributed by atoms with van der Waals surface area (Å²) in [6, 6.07) is 0.345. The molecule has 0 spiro atoms. The number of aryl methyl sites for hydroxylation is 1. The summed E-state index contributed by atoms with van der Waals surface area (Å²) in [6.45, 7) is 1.27. The van der Waals surface area contributed by atoms with Crippen molar-refractivity contribution in [2.24, 2.45) is 0 Å². The minimum atomic E-state index is -4.77. The smallest absolute Gasteiger partial charge is 0.420 e. The van der Waals surface area contributed by atoms with E-state index in [9.17, 15) is 36.2 Å². The predicted molar refractivity (Wildman–Crippen MR) is 130 cm³/mol. The maximum Gasteiger partial charge on any atom is 0.420 e. The van der Waals surface area contributed by atoms with E-state index < -0.39 is 65.8 Å². The first kappa shape index (κ1) is 26.7. The molecule has 5 heterocycles. The van der Waals surface area contributed by atoms with Gasteiger partial charge in [0.15, 0.2) is 40.6 Å². The Labute approximate surface area is 226 Å². The molecule has 0 unspecified atom stereocenters. The number of carbonyl (C=O) groups is 1. The average molecular weight is 579 g/mol. The summed E-state index contributed by atoms with van der Waals surface area (Å²) in [6.07, 6.45) is -0.315. The minimum Gasteiger partial charge on any atom is -0.475 e. The SMILES string of the molecule is Cc1nc2cnc(-c3cnc(N4CC(O)(C(F)(F)F)C4)nc3)cn2c1CN1C(=O)[C@@H](C)Oc2c(F)cc(F)c(F)c21. The second kappa shape index (κ2) is 9.02. The fourth-order valence-corrected chi connectivity index (χ4v) is 4.77. The van der Waals surface area contributed by atoms with Crippen LogP contribution in [0.5, 0.6) is 5.75 Å². The van der Waals surface area contributed by atoms with Crippen molar-refractivity contribution in [3.63, 3.8) is 0 Å². The number of imidazole rings is 1. The molecule has 1 atom stereocenters. The second-order valence-corrected chi connectivity index (χ2v) is 9.82. The Balaban J connectivity index is 1.32. The Morgan fingerprint density at radius 2 is 1.78 bits per heavy atom. The molecule has 2 aliphatic heterocycles. The molecule has 41 heavy (non-hydrogen) atoms. The minimum absolute atomic E-state index is 0.0111. The van der Waals surface area contributed by atoms with Crippen molar-refractivity contribution in [2.45, 2.75) is 38.3 Å². The molecule has 1 fully saturated rings. The van der Waals surface area contributed by atoms with Gasteiger partial charge in [-0.15, -0.1) is 0 Å². The van der Waals surface area contributed by atoms with Crippen molar-refractivity contribution in [2.75, 3.05) is 22.9 Å². The lowest BCUT2D eigenvalue weighted by atomic mass is 9.94. The van der Waals surface area contributed by atoms with Gasteiger partial charge >= 0.3 is 6.18 Å². The van der Waals surface area contributed by atoms with Gasteiger partial charge in [-0.25, -0.2) is 28.1 Å². The van der Waals surface area contributed by atoms with Gasteiger partial charge in [0, 0.05) is 30.2 Å². The Morgan fingerprint density at radius 3 is 2.44 bits per heavy atom. The molecule has 16 heteroatoms. The lowest BCUT2D eigenvalue weighted by Gasteiger charge is -2.46. The third-order valence-electron chi connectivity index (χ3n) is 7.05. The van der Waals surface area contributed by atoms with Gasteiger partial charge in [-0.2, -0.15) is 13.2 Å². The zero-order valence-corrected chi connectivity index (χ0v) is 21.2. The van der Waals surface area contributed by atoms with Crippen LogP contribution in [0.25, 0.3) is 16.9 Å². The highest BCUT2D eigenvalue weighted by Crippen LogP contribution is 2.41. The fourth-order valence-electron chi connectivity index (χ4n) is 4.77. The highest BCUT2D eigenvalue weighted by molar-refractivity contribution is 6.00. The Kier molecular flexibility index (Phi) is 5.88. The first-order chi connectivity index (χ1) is 19.3. The van der Waals surface area contributed by atoms with E-state index in [0.29, 0.717) is 34.4 Å². The number of hydrogen-bond donors (Lipinski definition) is 1. The van der Waals surface area contributed by atoms with Gasteiger partial charge in [0.25, 0.3) is 5.91 Å². The first-order valence-corrected chi connectivity index (χ1v) is 12.1. The largest absolute Gasteiger partial charge is 0.475 e. The molecule has 2 aliphatic rings. The fraction of sp³-hybridized carbons (Fsp3) is 0.320. The number of aliphatic hydroxyl groups is 1. The molecule has 214 valence electrons. The van der Waals surface area contributed by atoms with E-state index in [0.717, 1.165) is 4.90 Å². The predicted octanol–water partition coefficient (Wildman–Crippen LogP) is 3.34. The molecule has 1 saturated heterocycles. The number of nitrogens with zero attached hydrogens (tertiary/aromatic N) is 7. The van der Waals surface area contributed by atoms with Crippen molar-refractivity contribution in [1.82, 2.24) is 24.3 Å². The zero-order chi connectivity index (χ0) is 29.4. The molecule has 0 saturated carbocycles. The van der Waals surface area contributed by atoms with E-state index >= 15 is 0 Å². The van der Waals surface area contributed by atoms with Crippen LogP contribution in [0, 0.1) is 24.4 Å². The molecule has 1 aromatic carbocycles. The molecular formula is C25H19F6N7O3. The van der Waals surface area contributed by atoms with Crippen LogP contribution in [0.15, 0.2) is 30.9 Å². The number of β-amino-alcohol motifs (C(OH)–C–C–N with tert-alkyl or cyclic N) is 1. The van der Waals surface area contributed by atoms with Gasteiger partial charge < -0.3 is 14.7 Å². The molecule has 0 aliphatic carbocycles. The Hall–Kier alpha value is -4.47. The number of anilines is 2. The third-order valence-corrected chi connectivity index (χ3v) is 7.05. The van der Waals surface area contributed by atoms with E-state index in [2.05, 4.69) is 19.9 Å². The summed E-state index contributed by atoms with van der Waals surface area (Å²) in [7, 11) is 0. The van der Waals surface area contributed by atoms with Gasteiger partial charge in [-0.3, -0.25) is 19.1 Å². The number of ether oxygens (including phenoxy) is 1. The summed E-state index contributed by atoms with van der Waals surface area (Å²) in [5, 5.41) is 9.65. The van der Waals surface area contributed by atoms with Crippen LogP contribution in [0.4, 0.5) is 38.0 Å². The van der Waals surface area contributed by atoms with Crippen molar-refractivity contribution in [3.8, 4) is 17.0 Å². The third kappa shape index (κ3) is 4.20. The number of aromatic nitrogens is 5. The number of fused-ring (bicyclic) bond motifs is 2. The molecular weight excluding hydrogens is 560 g/mol. The molecule has 10 nitrogen and oxygen atoms in total. The molecule has 1 amide bonds. The standard InChI is InChI=1S/C25H19F6N7O3/c1-11-17(8-38-20-19(28)14(26)3-15(27)21(20)41-12(2)22(38)39)37-7-16(32-6-18(37)35-11)13-4-33-23(34-5-13)36-9-24(40,10-36)25(29,30)31/h3-7,12,40H,8-10H2,1-2H3/t12-/m1/s1. The molecule has 1 N–H and O–H groups in total. The van der Waals surface area contributed by atoms with E-state index in [4.69, 9.17) is 4.74 Å². The van der Waals surface area contributed by atoms with Crippen LogP contribution in [0.2, 0.25) is 0 Å². The number of rotatable bonds is 4. The van der Waals surface area contributed by atoms with Crippen molar-refractivity contribution >= 4 is 23.2 Å². The monoisotopic (exact) mass is 579 g/mol. The maximum atomic E-state index is 14.8. The van der Waals surface area contributed by atoms with Crippen molar-refractivity contribution in [1.29, 1.82) is 0 Å². The molecule has 6 rings (SSSR count). The summed E-state index contributed by atoms with van der Waals surface area (Å²) < 4.78 is 89.0. The van der Waals surface area contributed by atoms with Crippen LogP contribution >= 0.6 is 0 Å². The highest BCUT2D eigenvalue weighted by atomic mass is 19.4. The highest BCUT2D eigenvalue weighted by Gasteiger charge is 2.61. The lowest BCUT2D eigenvalue weighted by Crippen LogP contribution is -2.69. The van der Waals surface area contributed by atoms with Crippen molar-refractivity contribution in [3.05, 3.63) is 59.7 Å². The molecule has 0 radical (unpaired) electrons. The van der Waals surface area contributed by atoms with Crippen LogP contribution in [0.1, 0.15) is 18.3 Å². The number of benzene rings is 1. The van der Waals surface area contributed by atoms with E-state index in [1.165, 1.54) is 36.6 Å². The Bertz CT molecular complexity index is 1700. The lowest BCUT2D eigenvalue weighted by molar-refractivity contribution is -0.267. The maximum absolute atomic E-state index is 14.8. The molecule has 4 aromatic rings. The summed E-state index contributed by atoms with van der Waals surface area (Å²) >= 11 is 0. The van der Waals surface area contributed by atoms with E-state index in [-0.39, 0.29) is 12.5 Å². The van der Waals surface area contributed by atoms with E-state index in [1.807, 2.05) is 0 Å². The van der Waals surface area contributed by atoms with Crippen LogP contribution in [-0.2, 0) is 11.3 Å². The van der Waals surface area contributed by atoms with E-state index in [1.54, 1.807) is 11.3 Å². The quantitative estimate of drug-likeness (QED) is 0.290. The topological polar surface area (TPSA) is 109 Å². The number of halogens is 6. The first-order valence-electron chi connectivity index (χ1n) is 12.1. The normalized spacial score (nSPS) is 18.4. The summed E-state index contributed by atoms with van der Waals surface area (Å²) in [5.41, 5.74) is -1.62. The summed E-state index contributed by atoms with van der Waals surface area (Å²) in [4.78, 5) is 31.9. The Morgan fingerprint density at radius 1 is 1.10 bits per heavy atom. The number of amides is 1. The van der Waals surface area contributed by atoms with Crippen LogP contribution in [0.3, 0.4) is 0 Å². The van der Waals surface area contributed by atoms with Gasteiger partial charge in [0.1, 0.15) is 5.69 Å². The second-order valence-electron chi connectivity index (χ2n) is 9.82. The number of carbonyl (C=O) groups excluding carboxylic acids is 1. The van der Waals surface area contributed by atoms with Gasteiger partial charge in [-0.1, -0.05) is 0 Å². The van der Waals surface area contributed by atoms with Gasteiger partial charge in [0.2, 0.25) is 5.95 Å². The summed E-state index contributed by atoms with van der Waals surface area (Å²) in [5.74, 6) is -5.40. The number of alkyl halides is 3. The number of hydrogen-bond acceptors (Lipinski definition) is 8. The van der Waals surface area contributed by atoms with Crippen LogP contribution in [-0.4, -0.2) is 66.3 Å². The molecule has 3 aromatic heterocycles. The van der Waals surface area contributed by atoms with Crippen LogP contribution < -0.4 is 14.5 Å². The van der Waals surface area contributed by atoms with Crippen molar-refractivity contribution < 1.29 is 41.0 Å². The molecule has 0 bridgehead atoms. The zero-order valence-electron chi connectivity index (χ0n) is 21.2. The average Bonchev–Trinajstić information content (AvgIpc) is 3.21. The van der Waals surface area contributed by atoms with Gasteiger partial charge in [-0.05, 0) is 13.8 Å². The van der Waals surface area contributed by atoms with Gasteiger partial charge in [0.05, 0.1) is 42.9 Å².